The van der Waals surface area contributed by atoms with Crippen LogP contribution < -0.4 is 5.73 Å². The molecule has 2 rings (SSSR count). The fourth-order valence-electron chi connectivity index (χ4n) is 2.35. The lowest BCUT2D eigenvalue weighted by molar-refractivity contribution is 0.436. The van der Waals surface area contributed by atoms with Crippen molar-refractivity contribution >= 4 is 17.2 Å². The third kappa shape index (κ3) is 3.80. The second-order valence-corrected chi connectivity index (χ2v) is 5.81. The molecule has 1 aromatic heterocycles. The van der Waals surface area contributed by atoms with Crippen LogP contribution in [0.3, 0.4) is 0 Å². The van der Waals surface area contributed by atoms with Crippen LogP contribution in [0.5, 0.6) is 0 Å². The van der Waals surface area contributed by atoms with E-state index in [9.17, 15) is 0 Å². The summed E-state index contributed by atoms with van der Waals surface area (Å²) < 4.78 is 0. The van der Waals surface area contributed by atoms with E-state index in [2.05, 4.69) is 15.4 Å². The van der Waals surface area contributed by atoms with Gasteiger partial charge in [-0.3, -0.25) is 4.99 Å². The largest absolute Gasteiger partial charge is 0.387 e. The van der Waals surface area contributed by atoms with Crippen LogP contribution in [0.2, 0.25) is 0 Å². The number of rotatable bonds is 4. The van der Waals surface area contributed by atoms with E-state index in [4.69, 9.17) is 5.73 Å². The van der Waals surface area contributed by atoms with E-state index >= 15 is 0 Å². The Morgan fingerprint density at radius 1 is 1.47 bits per heavy atom. The van der Waals surface area contributed by atoms with E-state index in [1.54, 1.807) is 11.3 Å². The molecule has 2 N–H and O–H groups in total. The van der Waals surface area contributed by atoms with Gasteiger partial charge in [0.25, 0.3) is 0 Å². The summed E-state index contributed by atoms with van der Waals surface area (Å²) in [5.74, 6) is 1.41. The van der Waals surface area contributed by atoms with Gasteiger partial charge < -0.3 is 5.73 Å². The average molecular weight is 251 g/mol. The molecule has 1 saturated carbocycles. The van der Waals surface area contributed by atoms with Gasteiger partial charge in [0.2, 0.25) is 0 Å². The molecule has 1 aromatic rings. The third-order valence-electron chi connectivity index (χ3n) is 3.35. The van der Waals surface area contributed by atoms with Gasteiger partial charge in [-0.25, -0.2) is 4.98 Å². The molecule has 1 aliphatic rings. The molecule has 1 aliphatic carbocycles. The number of hydrogen-bond donors (Lipinski definition) is 1. The van der Waals surface area contributed by atoms with Crippen LogP contribution in [0.4, 0.5) is 0 Å². The van der Waals surface area contributed by atoms with Crippen molar-refractivity contribution in [3.8, 4) is 0 Å². The van der Waals surface area contributed by atoms with Crippen molar-refractivity contribution in [2.24, 2.45) is 16.6 Å². The first-order valence-electron chi connectivity index (χ1n) is 6.46. The highest BCUT2D eigenvalue weighted by Crippen LogP contribution is 2.23. The second kappa shape index (κ2) is 6.15. The first-order valence-corrected chi connectivity index (χ1v) is 7.34. The number of nitrogens with zero attached hydrogens (tertiary/aromatic N) is 2. The van der Waals surface area contributed by atoms with Gasteiger partial charge in [-0.2, -0.15) is 0 Å². The standard InChI is InChI=1S/C13H21N3S/c1-10-16-12(9-17-10)7-8-15-13(14)11-5-3-2-4-6-11/h9,11H,2-8H2,1H3,(H2,14,15). The van der Waals surface area contributed by atoms with Gasteiger partial charge in [0.15, 0.2) is 0 Å². The van der Waals surface area contributed by atoms with Crippen LogP contribution in [0, 0.1) is 12.8 Å². The number of aromatic nitrogens is 1. The lowest BCUT2D eigenvalue weighted by atomic mass is 9.88. The summed E-state index contributed by atoms with van der Waals surface area (Å²) in [6.07, 6.45) is 7.36. The van der Waals surface area contributed by atoms with Crippen LogP contribution in [0.15, 0.2) is 10.4 Å². The minimum Gasteiger partial charge on any atom is -0.387 e. The molecule has 1 heterocycles. The molecule has 0 atom stereocenters. The highest BCUT2D eigenvalue weighted by Gasteiger charge is 2.16. The van der Waals surface area contributed by atoms with Crippen molar-refractivity contribution in [1.29, 1.82) is 0 Å². The minimum atomic E-state index is 0.543. The molecular weight excluding hydrogens is 230 g/mol. The zero-order valence-electron chi connectivity index (χ0n) is 10.5. The Kier molecular flexibility index (Phi) is 4.54. The third-order valence-corrected chi connectivity index (χ3v) is 4.17. The van der Waals surface area contributed by atoms with E-state index < -0.39 is 0 Å². The summed E-state index contributed by atoms with van der Waals surface area (Å²) in [5.41, 5.74) is 7.20. The molecule has 94 valence electrons. The van der Waals surface area contributed by atoms with Crippen LogP contribution in [-0.2, 0) is 6.42 Å². The number of hydrogen-bond acceptors (Lipinski definition) is 3. The summed E-state index contributed by atoms with van der Waals surface area (Å²) in [4.78, 5) is 8.94. The summed E-state index contributed by atoms with van der Waals surface area (Å²) in [5, 5.41) is 3.24. The normalized spacial score (nSPS) is 18.5. The van der Waals surface area contributed by atoms with Gasteiger partial charge in [0.1, 0.15) is 0 Å². The first-order chi connectivity index (χ1) is 8.25. The van der Waals surface area contributed by atoms with Crippen molar-refractivity contribution in [3.05, 3.63) is 16.1 Å². The molecule has 0 bridgehead atoms. The minimum absolute atomic E-state index is 0.543. The molecule has 0 radical (unpaired) electrons. The van der Waals surface area contributed by atoms with E-state index in [1.165, 1.54) is 32.1 Å². The summed E-state index contributed by atoms with van der Waals surface area (Å²) in [7, 11) is 0. The maximum atomic E-state index is 6.05. The van der Waals surface area contributed by atoms with Gasteiger partial charge in [0.05, 0.1) is 16.5 Å². The first kappa shape index (κ1) is 12.6. The van der Waals surface area contributed by atoms with Crippen molar-refractivity contribution in [2.75, 3.05) is 6.54 Å². The predicted molar refractivity (Wildman–Crippen MR) is 73.6 cm³/mol. The van der Waals surface area contributed by atoms with Crippen molar-refractivity contribution in [3.63, 3.8) is 0 Å². The van der Waals surface area contributed by atoms with Crippen molar-refractivity contribution in [1.82, 2.24) is 4.98 Å². The van der Waals surface area contributed by atoms with Crippen LogP contribution in [0.1, 0.15) is 42.8 Å². The van der Waals surface area contributed by atoms with Gasteiger partial charge in [-0.15, -0.1) is 11.3 Å². The number of thiazole rings is 1. The SMILES string of the molecule is Cc1nc(CCN=C(N)C2CCCCC2)cs1. The van der Waals surface area contributed by atoms with Gasteiger partial charge >= 0.3 is 0 Å². The van der Waals surface area contributed by atoms with Gasteiger partial charge in [0, 0.05) is 24.3 Å². The van der Waals surface area contributed by atoms with Crippen LogP contribution in [-0.4, -0.2) is 17.4 Å². The number of aliphatic imine (C=N–C) groups is 1. The topological polar surface area (TPSA) is 51.3 Å². The van der Waals surface area contributed by atoms with E-state index in [0.29, 0.717) is 5.92 Å². The molecule has 3 nitrogen and oxygen atoms in total. The summed E-state index contributed by atoms with van der Waals surface area (Å²) in [6, 6.07) is 0. The Morgan fingerprint density at radius 3 is 2.88 bits per heavy atom. The Labute approximate surface area is 107 Å². The molecule has 0 amide bonds. The molecule has 0 aliphatic heterocycles. The lowest BCUT2D eigenvalue weighted by Gasteiger charge is -2.20. The molecule has 0 unspecified atom stereocenters. The van der Waals surface area contributed by atoms with Crippen LogP contribution in [0.25, 0.3) is 0 Å². The average Bonchev–Trinajstić information content (AvgIpc) is 2.76. The molecular formula is C13H21N3S. The quantitative estimate of drug-likeness (QED) is 0.660. The molecule has 1 fully saturated rings. The van der Waals surface area contributed by atoms with E-state index in [-0.39, 0.29) is 0 Å². The summed E-state index contributed by atoms with van der Waals surface area (Å²) >= 11 is 1.70. The smallest absolute Gasteiger partial charge is 0.0968 e. The second-order valence-electron chi connectivity index (χ2n) is 4.75. The lowest BCUT2D eigenvalue weighted by Crippen LogP contribution is -2.26. The maximum absolute atomic E-state index is 6.05. The number of amidine groups is 1. The predicted octanol–water partition coefficient (Wildman–Crippen LogP) is 2.93. The molecule has 4 heteroatoms. The Hall–Kier alpha value is -0.900. The molecule has 17 heavy (non-hydrogen) atoms. The van der Waals surface area contributed by atoms with E-state index in [1.807, 2.05) is 6.92 Å². The highest BCUT2D eigenvalue weighted by molar-refractivity contribution is 7.09. The zero-order valence-corrected chi connectivity index (χ0v) is 11.3. The van der Waals surface area contributed by atoms with Crippen molar-refractivity contribution < 1.29 is 0 Å². The summed E-state index contributed by atoms with van der Waals surface area (Å²) in [6.45, 7) is 2.82. The molecule has 0 saturated heterocycles. The van der Waals surface area contributed by atoms with Gasteiger partial charge in [-0.05, 0) is 19.8 Å². The highest BCUT2D eigenvalue weighted by atomic mass is 32.1. The fourth-order valence-corrected chi connectivity index (χ4v) is 3.00. The van der Waals surface area contributed by atoms with Gasteiger partial charge in [-0.1, -0.05) is 19.3 Å². The van der Waals surface area contributed by atoms with E-state index in [0.717, 1.165) is 29.5 Å². The van der Waals surface area contributed by atoms with Crippen molar-refractivity contribution in [2.45, 2.75) is 45.4 Å². The monoisotopic (exact) mass is 251 g/mol. The van der Waals surface area contributed by atoms with Crippen LogP contribution >= 0.6 is 11.3 Å². The Balaban J connectivity index is 1.79. The molecule has 0 aromatic carbocycles. The zero-order chi connectivity index (χ0) is 12.1. The Bertz CT molecular complexity index is 378. The maximum Gasteiger partial charge on any atom is 0.0968 e. The molecule has 0 spiro atoms. The number of aryl methyl sites for hydroxylation is 1. The Morgan fingerprint density at radius 2 is 2.24 bits per heavy atom. The number of nitrogens with two attached hydrogens (primary N) is 1. The fraction of sp³-hybridized carbons (Fsp3) is 0.692.